The molecule has 7 nitrogen and oxygen atoms in total. The van der Waals surface area contributed by atoms with Crippen LogP contribution >= 0.6 is 0 Å². The number of nitrogens with zero attached hydrogens (tertiary/aromatic N) is 1. The topological polar surface area (TPSA) is 99.6 Å². The molecular weight excluding hydrogens is 451 g/mol. The highest BCUT2D eigenvalue weighted by molar-refractivity contribution is 5.94. The third-order valence-electron chi connectivity index (χ3n) is 5.23. The number of nitrogens with one attached hydrogen (secondary N) is 1. The smallest absolute Gasteiger partial charge is 0.387 e. The molecule has 1 unspecified atom stereocenters. The van der Waals surface area contributed by atoms with E-state index in [9.17, 15) is 18.0 Å². The van der Waals surface area contributed by atoms with Gasteiger partial charge in [0.1, 0.15) is 5.82 Å². The molecule has 3 aromatic rings. The van der Waals surface area contributed by atoms with Crippen LogP contribution in [0.4, 0.5) is 13.2 Å². The molecule has 1 amide bonds. The summed E-state index contributed by atoms with van der Waals surface area (Å²) in [5.74, 6) is -0.219. The minimum atomic E-state index is -3.00. The highest BCUT2D eigenvalue weighted by atomic mass is 19.3. The molecule has 180 valence electrons. The fourth-order valence-electron chi connectivity index (χ4n) is 3.23. The maximum Gasteiger partial charge on any atom is 0.387 e. The summed E-state index contributed by atoms with van der Waals surface area (Å²) in [7, 11) is 0. The molecule has 1 aromatic heterocycles. The van der Waals surface area contributed by atoms with E-state index in [1.54, 1.807) is 19.1 Å². The van der Waals surface area contributed by atoms with Crippen molar-refractivity contribution in [3.63, 3.8) is 0 Å². The van der Waals surface area contributed by atoms with Crippen molar-refractivity contribution in [1.82, 2.24) is 10.3 Å². The first-order chi connectivity index (χ1) is 16.3. The van der Waals surface area contributed by atoms with Crippen LogP contribution in [0.3, 0.4) is 0 Å². The predicted octanol–water partition coefficient (Wildman–Crippen LogP) is 4.82. The zero-order valence-corrected chi connectivity index (χ0v) is 18.4. The average molecular weight is 475 g/mol. The second-order valence-corrected chi connectivity index (χ2v) is 8.12. The van der Waals surface area contributed by atoms with Gasteiger partial charge in [0, 0.05) is 12.1 Å². The highest BCUT2D eigenvalue weighted by Crippen LogP contribution is 2.37. The van der Waals surface area contributed by atoms with Crippen LogP contribution in [0.1, 0.15) is 47.6 Å². The largest absolute Gasteiger partial charge is 0.489 e. The molecule has 0 spiro atoms. The van der Waals surface area contributed by atoms with E-state index in [0.717, 1.165) is 12.8 Å². The number of carbonyl (C=O) groups excluding carboxylic acids is 1. The zero-order valence-electron chi connectivity index (χ0n) is 18.4. The van der Waals surface area contributed by atoms with E-state index in [4.69, 9.17) is 14.9 Å². The van der Waals surface area contributed by atoms with Crippen molar-refractivity contribution in [2.24, 2.45) is 11.7 Å². The minimum Gasteiger partial charge on any atom is -0.489 e. The molecule has 0 bridgehead atoms. The van der Waals surface area contributed by atoms with Crippen molar-refractivity contribution < 1.29 is 31.9 Å². The Morgan fingerprint density at radius 3 is 2.59 bits per heavy atom. The van der Waals surface area contributed by atoms with Crippen LogP contribution in [0.25, 0.3) is 11.5 Å². The molecule has 10 heteroatoms. The standard InChI is InChI=1S/C24H24F3N3O4/c1-13(28)21-20(22(31)29-11-14-4-7-17(25)8-5-14)30-23(34-21)16-6-9-18(33-24(26)27)19(10-16)32-12-15-2-3-15/h4-10,13,15,24H,2-3,11-12,28H2,1H3,(H,29,31). The van der Waals surface area contributed by atoms with Gasteiger partial charge in [-0.3, -0.25) is 4.79 Å². The average Bonchev–Trinajstić information content (AvgIpc) is 3.52. The Bertz CT molecular complexity index is 1140. The SMILES string of the molecule is CC(N)c1oc(-c2ccc(OC(F)F)c(OCC3CC3)c2)nc1C(=O)NCc1ccc(F)cc1. The van der Waals surface area contributed by atoms with Crippen molar-refractivity contribution in [2.45, 2.75) is 39.0 Å². The van der Waals surface area contributed by atoms with Gasteiger partial charge in [0.05, 0.1) is 12.6 Å². The second-order valence-electron chi connectivity index (χ2n) is 8.12. The first kappa shape index (κ1) is 23.6. The molecule has 3 N–H and O–H groups in total. The molecule has 1 heterocycles. The van der Waals surface area contributed by atoms with Crippen LogP contribution in [0.2, 0.25) is 0 Å². The van der Waals surface area contributed by atoms with Gasteiger partial charge < -0.3 is 24.9 Å². The van der Waals surface area contributed by atoms with Crippen molar-refractivity contribution >= 4 is 5.91 Å². The van der Waals surface area contributed by atoms with Crippen LogP contribution in [0.15, 0.2) is 46.9 Å². The van der Waals surface area contributed by atoms with Gasteiger partial charge in [-0.25, -0.2) is 9.37 Å². The van der Waals surface area contributed by atoms with Crippen molar-refractivity contribution in [2.75, 3.05) is 6.61 Å². The van der Waals surface area contributed by atoms with E-state index in [-0.39, 0.29) is 41.2 Å². The Hall–Kier alpha value is -3.53. The van der Waals surface area contributed by atoms with Crippen molar-refractivity contribution in [1.29, 1.82) is 0 Å². The molecule has 1 aliphatic rings. The number of nitrogens with two attached hydrogens (primary N) is 1. The summed E-state index contributed by atoms with van der Waals surface area (Å²) in [5.41, 5.74) is 7.09. The van der Waals surface area contributed by atoms with Gasteiger partial charge in [-0.1, -0.05) is 12.1 Å². The molecule has 1 aliphatic carbocycles. The quantitative estimate of drug-likeness (QED) is 0.436. The third kappa shape index (κ3) is 5.88. The number of alkyl halides is 2. The van der Waals surface area contributed by atoms with Gasteiger partial charge in [0.25, 0.3) is 5.91 Å². The molecular formula is C24H24F3N3O4. The Labute approximate surface area is 194 Å². The Morgan fingerprint density at radius 2 is 1.94 bits per heavy atom. The number of oxazole rings is 1. The first-order valence-corrected chi connectivity index (χ1v) is 10.8. The van der Waals surface area contributed by atoms with E-state index in [1.165, 1.54) is 30.3 Å². The lowest BCUT2D eigenvalue weighted by molar-refractivity contribution is -0.0515. The number of halogens is 3. The summed E-state index contributed by atoms with van der Waals surface area (Å²) < 4.78 is 54.7. The lowest BCUT2D eigenvalue weighted by Crippen LogP contribution is -2.25. The number of amides is 1. The summed E-state index contributed by atoms with van der Waals surface area (Å²) in [4.78, 5) is 17.1. The summed E-state index contributed by atoms with van der Waals surface area (Å²) >= 11 is 0. The normalized spacial score (nSPS) is 14.2. The third-order valence-corrected chi connectivity index (χ3v) is 5.23. The fraction of sp³-hybridized carbons (Fsp3) is 0.333. The van der Waals surface area contributed by atoms with Crippen LogP contribution in [0.5, 0.6) is 11.5 Å². The number of aromatic nitrogens is 1. The van der Waals surface area contributed by atoms with Crippen LogP contribution in [-0.4, -0.2) is 24.1 Å². The van der Waals surface area contributed by atoms with Crippen LogP contribution < -0.4 is 20.5 Å². The summed E-state index contributed by atoms with van der Waals surface area (Å²) in [6.07, 6.45) is 2.05. The molecule has 1 fully saturated rings. The molecule has 1 saturated carbocycles. The van der Waals surface area contributed by atoms with E-state index >= 15 is 0 Å². The molecule has 0 saturated heterocycles. The first-order valence-electron chi connectivity index (χ1n) is 10.8. The Balaban J connectivity index is 1.57. The number of carbonyl (C=O) groups is 1. The van der Waals surface area contributed by atoms with E-state index in [0.29, 0.717) is 23.7 Å². The zero-order chi connectivity index (χ0) is 24.2. The fourth-order valence-corrected chi connectivity index (χ4v) is 3.23. The number of hydrogen-bond acceptors (Lipinski definition) is 6. The summed E-state index contributed by atoms with van der Waals surface area (Å²) in [6, 6.07) is 9.38. The molecule has 2 aromatic carbocycles. The Morgan fingerprint density at radius 1 is 1.21 bits per heavy atom. The van der Waals surface area contributed by atoms with E-state index in [1.807, 2.05) is 0 Å². The van der Waals surface area contributed by atoms with Crippen molar-refractivity contribution in [3.05, 3.63) is 65.3 Å². The summed E-state index contributed by atoms with van der Waals surface area (Å²) in [5, 5.41) is 2.71. The number of rotatable bonds is 10. The van der Waals surface area contributed by atoms with Crippen LogP contribution in [0, 0.1) is 11.7 Å². The molecule has 4 rings (SSSR count). The van der Waals surface area contributed by atoms with Crippen LogP contribution in [-0.2, 0) is 6.54 Å². The summed E-state index contributed by atoms with van der Waals surface area (Å²) in [6.45, 7) is -0.822. The molecule has 34 heavy (non-hydrogen) atoms. The van der Waals surface area contributed by atoms with Gasteiger partial charge in [-0.05, 0) is 61.6 Å². The van der Waals surface area contributed by atoms with Gasteiger partial charge in [-0.2, -0.15) is 8.78 Å². The van der Waals surface area contributed by atoms with Gasteiger partial charge >= 0.3 is 6.61 Å². The lowest BCUT2D eigenvalue weighted by atomic mass is 10.2. The van der Waals surface area contributed by atoms with Gasteiger partial charge in [0.2, 0.25) is 5.89 Å². The Kier molecular flexibility index (Phi) is 7.06. The molecule has 1 atom stereocenters. The predicted molar refractivity (Wildman–Crippen MR) is 117 cm³/mol. The molecule has 0 radical (unpaired) electrons. The lowest BCUT2D eigenvalue weighted by Gasteiger charge is -2.12. The van der Waals surface area contributed by atoms with E-state index < -0.39 is 18.6 Å². The van der Waals surface area contributed by atoms with Crippen molar-refractivity contribution in [3.8, 4) is 23.0 Å². The maximum absolute atomic E-state index is 13.1. The number of hydrogen-bond donors (Lipinski definition) is 2. The van der Waals surface area contributed by atoms with Gasteiger partial charge in [0.15, 0.2) is 23.0 Å². The monoisotopic (exact) mass is 475 g/mol. The molecule has 0 aliphatic heterocycles. The minimum absolute atomic E-state index is 0.000433. The second kappa shape index (κ2) is 10.2. The van der Waals surface area contributed by atoms with E-state index in [2.05, 4.69) is 15.0 Å². The van der Waals surface area contributed by atoms with Gasteiger partial charge in [-0.15, -0.1) is 0 Å². The number of benzene rings is 2. The number of ether oxygens (including phenoxy) is 2. The highest BCUT2D eigenvalue weighted by Gasteiger charge is 2.26. The maximum atomic E-state index is 13.1.